The molecule has 0 unspecified atom stereocenters. The second-order valence-corrected chi connectivity index (χ2v) is 22.0. The zero-order valence-corrected chi connectivity index (χ0v) is 44.2. The molecule has 0 fully saturated rings. The molecule has 0 aliphatic rings. The van der Waals surface area contributed by atoms with Gasteiger partial charge in [-0.05, 0) is 73.5 Å². The molecule has 0 spiro atoms. The van der Waals surface area contributed by atoms with E-state index in [1.165, 1.54) is 30.3 Å². The van der Waals surface area contributed by atoms with Crippen LogP contribution in [-0.4, -0.2) is 132 Å². The topological polar surface area (TPSA) is 546 Å². The van der Waals surface area contributed by atoms with E-state index in [-0.39, 0.29) is 69.1 Å². The van der Waals surface area contributed by atoms with Gasteiger partial charge in [0, 0.05) is 16.8 Å². The van der Waals surface area contributed by atoms with Crippen molar-refractivity contribution in [3.05, 3.63) is 90.1 Å². The summed E-state index contributed by atoms with van der Waals surface area (Å²) in [6, 6.07) is 13.8. The van der Waals surface area contributed by atoms with Gasteiger partial charge in [0.25, 0.3) is 40.5 Å². The van der Waals surface area contributed by atoms with Crippen LogP contribution in [0.4, 0.5) is 33.6 Å². The zero-order chi connectivity index (χ0) is 59.4. The Hall–Kier alpha value is -8.61. The minimum atomic E-state index is -5.16. The first-order valence-electron chi connectivity index (χ1n) is 19.9. The lowest BCUT2D eigenvalue weighted by atomic mass is 10.1. The highest BCUT2D eigenvalue weighted by molar-refractivity contribution is 7.86. The number of ether oxygens (including phenoxy) is 1. The summed E-state index contributed by atoms with van der Waals surface area (Å²) < 4.78 is 191. The van der Waals surface area contributed by atoms with Crippen molar-refractivity contribution in [3.63, 3.8) is 0 Å². The Labute approximate surface area is 447 Å². The number of azo groups is 3. The van der Waals surface area contributed by atoms with Crippen molar-refractivity contribution in [1.82, 2.24) is 14.8 Å². The summed E-state index contributed by atoms with van der Waals surface area (Å²) in [5.41, 5.74) is -1.61. The van der Waals surface area contributed by atoms with Crippen LogP contribution in [0.15, 0.2) is 124 Å². The number of aromatic nitrogens is 3. The molecule has 79 heavy (non-hydrogen) atoms. The fourth-order valence-corrected chi connectivity index (χ4v) is 9.59. The first kappa shape index (κ1) is 62.9. The Kier molecular flexibility index (Phi) is 20.8. The molecule has 418 valence electrons. The first-order valence-corrected chi connectivity index (χ1v) is 28.7. The first-order chi connectivity index (χ1) is 36.7. The Balaban J connectivity index is 0.00000112. The Bertz CT molecular complexity index is 4350. The van der Waals surface area contributed by atoms with Crippen molar-refractivity contribution in [3.8, 4) is 23.1 Å². The molecule has 0 saturated heterocycles. The van der Waals surface area contributed by atoms with Crippen molar-refractivity contribution in [1.29, 1.82) is 0 Å². The lowest BCUT2D eigenvalue weighted by Crippen LogP contribution is -2.08. The minimum absolute atomic E-state index is 0.00000382. The molecule has 0 aliphatic carbocycles. The summed E-state index contributed by atoms with van der Waals surface area (Å²) >= 11 is 0.974. The summed E-state index contributed by atoms with van der Waals surface area (Å²) in [6.45, 7) is 1.33. The minimum Gasteiger partial charge on any atom is -0.505 e. The lowest BCUT2D eigenvalue weighted by Gasteiger charge is -2.11. The predicted molar refractivity (Wildman–Crippen MR) is 262 cm³/mol. The van der Waals surface area contributed by atoms with Crippen molar-refractivity contribution in [2.45, 2.75) is 28.0 Å². The zero-order valence-electron chi connectivity index (χ0n) is 38.5. The molecule has 2 aromatic heterocycles. The molecule has 0 radical (unpaired) electrons. The molecular formula is C38H29N9O25S7. The molecule has 2 heterocycles. The number of aromatic carboxylic acids is 1. The van der Waals surface area contributed by atoms with Gasteiger partial charge in [0.05, 0.1) is 45.1 Å². The second-order valence-electron chi connectivity index (χ2n) is 14.4. The maximum Gasteiger partial charge on any atom is 0.425 e. The van der Waals surface area contributed by atoms with Crippen LogP contribution >= 0.6 is 11.3 Å². The maximum absolute atomic E-state index is 12.8. The molecule has 0 saturated carbocycles. The number of carbonyl (C=O) groups is 1. The van der Waals surface area contributed by atoms with Crippen LogP contribution in [0.5, 0.6) is 17.4 Å². The fourth-order valence-electron chi connectivity index (χ4n) is 6.20. The highest BCUT2D eigenvalue weighted by Crippen LogP contribution is 2.44. The number of carboxylic acids is 1. The molecule has 7 rings (SSSR count). The van der Waals surface area contributed by atoms with E-state index < -0.39 is 117 Å². The van der Waals surface area contributed by atoms with Gasteiger partial charge in [-0.1, -0.05) is 23.5 Å². The van der Waals surface area contributed by atoms with Crippen LogP contribution < -0.4 is 4.74 Å². The Morgan fingerprint density at radius 3 is 1.85 bits per heavy atom. The SMILES string of the molecule is Cc1cc(N=Nc2ccc3c(S(=O)(=O)O)c(N=Nc4cnn(-c5cc(C(=O)O)cc(S(=O)(=O)O)c5)c4O)ccc3c2O)c(OCCCS(=O)(=O)O)cc1N=Nc1nc2c(S(=O)(=O)O)cccc2s1.O=C=O.O=S(=O)=O.O=S(=O)=O. The molecule has 7 N–H and O–H groups in total. The number of benzene rings is 5. The van der Waals surface area contributed by atoms with Gasteiger partial charge in [-0.3, -0.25) is 18.2 Å². The number of thiazole rings is 1. The number of fused-ring (bicyclic) bond motifs is 2. The summed E-state index contributed by atoms with van der Waals surface area (Å²) in [5.74, 6) is -3.76. The predicted octanol–water partition coefficient (Wildman–Crippen LogP) is 5.10. The summed E-state index contributed by atoms with van der Waals surface area (Å²) in [4.78, 5) is 29.9. The van der Waals surface area contributed by atoms with E-state index in [0.29, 0.717) is 21.0 Å². The second kappa shape index (κ2) is 26.2. The highest BCUT2D eigenvalue weighted by Gasteiger charge is 2.24. The Morgan fingerprint density at radius 1 is 0.696 bits per heavy atom. The average molecular weight is 1240 g/mol. The number of rotatable bonds is 16. The number of carboxylic acid groups (broad SMARTS) is 1. The van der Waals surface area contributed by atoms with Gasteiger partial charge in [-0.15, -0.1) is 55.9 Å². The molecule has 0 bridgehead atoms. The number of phenols is 1. The average Bonchev–Trinajstić information content (AvgIpc) is 3.96. The van der Waals surface area contributed by atoms with Gasteiger partial charge in [-0.25, -0.2) is 9.78 Å². The van der Waals surface area contributed by atoms with Crippen molar-refractivity contribution in [2.75, 3.05) is 12.4 Å². The van der Waals surface area contributed by atoms with Crippen LogP contribution in [0.25, 0.3) is 26.7 Å². The fraction of sp³-hybridized carbons (Fsp3) is 0.105. The van der Waals surface area contributed by atoms with Crippen molar-refractivity contribution in [2.24, 2.45) is 30.7 Å². The normalized spacial score (nSPS) is 11.8. The molecule has 34 nitrogen and oxygen atoms in total. The number of hydrogen-bond donors (Lipinski definition) is 7. The van der Waals surface area contributed by atoms with Gasteiger partial charge in [0.15, 0.2) is 11.4 Å². The number of phenolic OH excluding ortho intramolecular Hbond substituents is 1. The summed E-state index contributed by atoms with van der Waals surface area (Å²) in [5, 5.41) is 59.0. The molecule has 0 atom stereocenters. The van der Waals surface area contributed by atoms with Gasteiger partial charge in [-0.2, -0.15) is 53.0 Å². The van der Waals surface area contributed by atoms with Crippen LogP contribution in [0.2, 0.25) is 0 Å². The largest absolute Gasteiger partial charge is 0.505 e. The van der Waals surface area contributed by atoms with E-state index in [9.17, 15) is 72.0 Å². The monoisotopic (exact) mass is 1230 g/mol. The smallest absolute Gasteiger partial charge is 0.425 e. The van der Waals surface area contributed by atoms with E-state index in [1.54, 1.807) is 13.0 Å². The van der Waals surface area contributed by atoms with Crippen LogP contribution in [0.1, 0.15) is 22.3 Å². The number of hydrogen-bond acceptors (Lipinski definition) is 29. The van der Waals surface area contributed by atoms with Crippen LogP contribution in [0.3, 0.4) is 0 Å². The highest BCUT2D eigenvalue weighted by atomic mass is 32.2. The number of carbonyl (C=O) groups excluding carboxylic acids is 2. The van der Waals surface area contributed by atoms with E-state index in [0.717, 1.165) is 47.9 Å². The quantitative estimate of drug-likeness (QED) is 0.0375. The molecule has 0 aliphatic heterocycles. The van der Waals surface area contributed by atoms with E-state index >= 15 is 0 Å². The Morgan fingerprint density at radius 2 is 1.27 bits per heavy atom. The van der Waals surface area contributed by atoms with E-state index in [1.807, 2.05) is 0 Å². The van der Waals surface area contributed by atoms with Crippen molar-refractivity contribution >= 4 is 140 Å². The number of nitrogens with zero attached hydrogens (tertiary/aromatic N) is 9. The van der Waals surface area contributed by atoms with Crippen molar-refractivity contribution < 1.29 is 112 Å². The molecular weight excluding hydrogens is 1210 g/mol. The molecule has 7 aromatic rings. The summed E-state index contributed by atoms with van der Waals surface area (Å²) in [7, 11) is -25.3. The number of aromatic hydroxyl groups is 2. The molecule has 41 heteroatoms. The standard InChI is InChI=1S/C37H29N9O17S5.CO2.2O3S/c1-18-12-27(29(63-10-3-11-65(51,52)53)16-26(18)42-45-37-39-32-30(64-37)4-2-5-31(32)67(57,58)59)43-40-24-8-7-23-22(33(24)47)6-9-25(34(23)68(60,61)62)41-44-28-17-38-46(35(28)48)20-13-19(36(49)50)14-21(15-20)66(54,55)56;2-1-3;2*1-4(2)3/h2,4-9,12-17,47-48H,3,10-11H2,1H3,(H,49,50)(H,51,52,53)(H,54,55,56)(H,57,58,59)(H,60,61,62);;;. The molecule has 0 amide bonds. The van der Waals surface area contributed by atoms with Crippen LogP contribution in [0, 0.1) is 6.92 Å². The number of aryl methyl sites for hydroxylation is 1. The van der Waals surface area contributed by atoms with Crippen LogP contribution in [-0.2, 0) is 71.3 Å². The molecule has 5 aromatic carbocycles. The van der Waals surface area contributed by atoms with E-state index in [2.05, 4.69) is 40.8 Å². The van der Waals surface area contributed by atoms with Gasteiger partial charge >= 0.3 is 33.3 Å². The lowest BCUT2D eigenvalue weighted by molar-refractivity contribution is -0.191. The van der Waals surface area contributed by atoms with E-state index in [4.69, 9.17) is 39.6 Å². The number of para-hydroxylation sites is 1. The maximum atomic E-state index is 12.8. The third kappa shape index (κ3) is 17.7. The van der Waals surface area contributed by atoms with Gasteiger partial charge in [0.1, 0.15) is 38.1 Å². The third-order valence-corrected chi connectivity index (χ3v) is 13.6. The summed E-state index contributed by atoms with van der Waals surface area (Å²) in [6.07, 6.45) is 0.974. The van der Waals surface area contributed by atoms with Gasteiger partial charge in [0.2, 0.25) is 11.0 Å². The third-order valence-electron chi connectivity index (χ3n) is 9.25. The van der Waals surface area contributed by atoms with Gasteiger partial charge < -0.3 is 20.1 Å².